The van der Waals surface area contributed by atoms with Crippen LogP contribution < -0.4 is 10.4 Å². The maximum Gasteiger partial charge on any atom is 0.417 e. The Morgan fingerprint density at radius 2 is 2.04 bits per heavy atom. The van der Waals surface area contributed by atoms with Crippen molar-refractivity contribution in [1.82, 2.24) is 4.98 Å². The molecule has 0 spiro atoms. The number of nitriles is 1. The molecule has 9 heteroatoms. The molecule has 1 aromatic heterocycles. The van der Waals surface area contributed by atoms with Gasteiger partial charge in [-0.25, -0.2) is 4.98 Å². The quantitative estimate of drug-likeness (QED) is 0.870. The highest BCUT2D eigenvalue weighted by molar-refractivity contribution is 5.98. The smallest absolute Gasteiger partial charge is 0.417 e. The minimum atomic E-state index is -4.75. The van der Waals surface area contributed by atoms with E-state index in [0.717, 1.165) is 17.9 Å². The van der Waals surface area contributed by atoms with Crippen molar-refractivity contribution in [2.45, 2.75) is 13.1 Å². The maximum absolute atomic E-state index is 13.1. The Kier molecular flexibility index (Phi) is 4.82. The number of nitrogens with zero attached hydrogens (tertiary/aromatic N) is 3. The summed E-state index contributed by atoms with van der Waals surface area (Å²) in [6, 6.07) is 7.05. The van der Waals surface area contributed by atoms with Crippen molar-refractivity contribution in [1.29, 1.82) is 5.26 Å². The van der Waals surface area contributed by atoms with E-state index in [1.54, 1.807) is 0 Å². The summed E-state index contributed by atoms with van der Waals surface area (Å²) in [6.07, 6.45) is -3.48. The molecule has 0 aliphatic rings. The average molecular weight is 336 g/mol. The van der Waals surface area contributed by atoms with Crippen molar-refractivity contribution in [3.8, 4) is 6.07 Å². The first-order valence-electron chi connectivity index (χ1n) is 6.61. The van der Waals surface area contributed by atoms with Crippen LogP contribution >= 0.6 is 0 Å². The van der Waals surface area contributed by atoms with Crippen LogP contribution in [-0.2, 0) is 11.0 Å². The van der Waals surface area contributed by atoms with Gasteiger partial charge in [-0.05, 0) is 18.2 Å². The van der Waals surface area contributed by atoms with Crippen molar-refractivity contribution in [2.75, 3.05) is 4.90 Å². The largest absolute Gasteiger partial charge is 0.630 e. The van der Waals surface area contributed by atoms with Gasteiger partial charge in [0.05, 0.1) is 22.9 Å². The zero-order valence-corrected chi connectivity index (χ0v) is 12.3. The van der Waals surface area contributed by atoms with E-state index < -0.39 is 23.2 Å². The molecule has 0 aliphatic carbocycles. The molecule has 1 amide bonds. The number of alkyl halides is 3. The third-order valence-electron chi connectivity index (χ3n) is 3.14. The normalized spacial score (nSPS) is 11.0. The lowest BCUT2D eigenvalue weighted by Gasteiger charge is -2.22. The third kappa shape index (κ3) is 3.51. The van der Waals surface area contributed by atoms with Gasteiger partial charge in [0.1, 0.15) is 11.5 Å². The van der Waals surface area contributed by atoms with Crippen LogP contribution in [0.15, 0.2) is 36.5 Å². The highest BCUT2D eigenvalue weighted by Gasteiger charge is 2.34. The van der Waals surface area contributed by atoms with Crippen LogP contribution in [0.1, 0.15) is 18.1 Å². The van der Waals surface area contributed by atoms with Gasteiger partial charge in [0.25, 0.3) is 0 Å². The first kappa shape index (κ1) is 17.4. The molecule has 6 nitrogen and oxygen atoms in total. The maximum atomic E-state index is 13.1. The summed E-state index contributed by atoms with van der Waals surface area (Å²) in [5.41, 5.74) is -1.06. The lowest BCUT2D eigenvalue weighted by molar-refractivity contribution is -0.497. The minimum absolute atomic E-state index is 0.00457. The Hall–Kier alpha value is -2.96. The van der Waals surface area contributed by atoms with Gasteiger partial charge >= 0.3 is 6.18 Å². The SMILES string of the molecule is CC(=O)N(c1ccc(C#N)c(C(F)(F)F)c1)c1cc([NH2+][O-])ccn1. The van der Waals surface area contributed by atoms with Crippen molar-refractivity contribution >= 4 is 23.1 Å². The number of carbonyl (C=O) groups is 1. The second-order valence-electron chi connectivity index (χ2n) is 4.76. The molecule has 2 aromatic rings. The lowest BCUT2D eigenvalue weighted by atomic mass is 10.1. The summed E-state index contributed by atoms with van der Waals surface area (Å²) in [5.74, 6) is -0.590. The predicted octanol–water partition coefficient (Wildman–Crippen LogP) is 2.35. The number of hydrogen-bond donors (Lipinski definition) is 1. The first-order chi connectivity index (χ1) is 11.3. The van der Waals surface area contributed by atoms with Crippen LogP contribution in [-0.4, -0.2) is 10.9 Å². The third-order valence-corrected chi connectivity index (χ3v) is 3.14. The number of rotatable bonds is 3. The number of anilines is 2. The number of benzene rings is 1. The second-order valence-corrected chi connectivity index (χ2v) is 4.76. The highest BCUT2D eigenvalue weighted by Crippen LogP contribution is 2.36. The molecule has 2 rings (SSSR count). The van der Waals surface area contributed by atoms with Crippen molar-refractivity contribution in [3.63, 3.8) is 0 Å². The summed E-state index contributed by atoms with van der Waals surface area (Å²) < 4.78 is 39.3. The molecule has 0 atom stereocenters. The number of quaternary nitrogens is 1. The van der Waals surface area contributed by atoms with Gasteiger partial charge in [0.15, 0.2) is 0 Å². The fourth-order valence-corrected chi connectivity index (χ4v) is 2.11. The van der Waals surface area contributed by atoms with Gasteiger partial charge in [-0.2, -0.15) is 18.4 Å². The molecular weight excluding hydrogens is 325 g/mol. The molecule has 24 heavy (non-hydrogen) atoms. The summed E-state index contributed by atoms with van der Waals surface area (Å²) in [6.45, 7) is 1.15. The van der Waals surface area contributed by atoms with Gasteiger partial charge in [-0.3, -0.25) is 9.69 Å². The van der Waals surface area contributed by atoms with Gasteiger partial charge < -0.3 is 10.7 Å². The molecule has 0 saturated heterocycles. The monoisotopic (exact) mass is 336 g/mol. The predicted molar refractivity (Wildman–Crippen MR) is 78.2 cm³/mol. The minimum Gasteiger partial charge on any atom is -0.630 e. The topological polar surface area (TPSA) is 96.7 Å². The van der Waals surface area contributed by atoms with Gasteiger partial charge in [-0.15, -0.1) is 0 Å². The van der Waals surface area contributed by atoms with E-state index in [9.17, 15) is 23.2 Å². The van der Waals surface area contributed by atoms with E-state index in [-0.39, 0.29) is 17.2 Å². The van der Waals surface area contributed by atoms with Gasteiger partial charge in [0, 0.05) is 25.3 Å². The van der Waals surface area contributed by atoms with Crippen molar-refractivity contribution in [2.24, 2.45) is 0 Å². The molecule has 0 aliphatic heterocycles. The van der Waals surface area contributed by atoms with Crippen LogP contribution in [0.25, 0.3) is 0 Å². The van der Waals surface area contributed by atoms with Crippen LogP contribution in [0.2, 0.25) is 0 Å². The molecule has 0 fully saturated rings. The molecule has 1 aromatic carbocycles. The summed E-state index contributed by atoms with van der Waals surface area (Å²) in [4.78, 5) is 16.8. The standard InChI is InChI=1S/C15H11F3N4O2/c1-9(23)22(14-6-11(21-24)4-5-20-14)12-3-2-10(8-19)13(7-12)15(16,17)18/h2-7H,21H2,1H3. The number of nitrogens with two attached hydrogens (primary N) is 1. The number of hydrogen-bond acceptors (Lipinski definition) is 4. The van der Waals surface area contributed by atoms with E-state index in [2.05, 4.69) is 4.98 Å². The Morgan fingerprint density at radius 3 is 2.58 bits per heavy atom. The Morgan fingerprint density at radius 1 is 1.33 bits per heavy atom. The second kappa shape index (κ2) is 6.66. The fraction of sp³-hybridized carbons (Fsp3) is 0.133. The summed E-state index contributed by atoms with van der Waals surface area (Å²) in [5, 5.41) is 19.7. The van der Waals surface area contributed by atoms with Gasteiger partial charge in [-0.1, -0.05) is 0 Å². The van der Waals surface area contributed by atoms with E-state index in [0.29, 0.717) is 11.5 Å². The number of aromatic nitrogens is 1. The Bertz CT molecular complexity index is 815. The van der Waals surface area contributed by atoms with Crippen molar-refractivity contribution < 1.29 is 23.4 Å². The fourth-order valence-electron chi connectivity index (χ4n) is 2.11. The van der Waals surface area contributed by atoms with Crippen LogP contribution in [0.5, 0.6) is 0 Å². The van der Waals surface area contributed by atoms with E-state index in [1.807, 2.05) is 0 Å². The van der Waals surface area contributed by atoms with E-state index in [1.165, 1.54) is 30.5 Å². The summed E-state index contributed by atoms with van der Waals surface area (Å²) >= 11 is 0. The number of halogens is 3. The van der Waals surface area contributed by atoms with Crippen LogP contribution in [0.3, 0.4) is 0 Å². The molecule has 0 radical (unpaired) electrons. The number of amides is 1. The van der Waals surface area contributed by atoms with Crippen LogP contribution in [0.4, 0.5) is 30.4 Å². The number of pyridine rings is 1. The van der Waals surface area contributed by atoms with E-state index >= 15 is 0 Å². The van der Waals surface area contributed by atoms with Gasteiger partial charge in [0.2, 0.25) is 5.91 Å². The Balaban J connectivity index is 2.61. The Labute approximate surface area is 134 Å². The lowest BCUT2D eigenvalue weighted by Crippen LogP contribution is -2.70. The summed E-state index contributed by atoms with van der Waals surface area (Å²) in [7, 11) is 0. The zero-order chi connectivity index (χ0) is 17.9. The molecule has 124 valence electrons. The average Bonchev–Trinajstić information content (AvgIpc) is 2.54. The molecule has 0 unspecified atom stereocenters. The zero-order valence-electron chi connectivity index (χ0n) is 12.3. The molecular formula is C15H11F3N4O2. The van der Waals surface area contributed by atoms with E-state index in [4.69, 9.17) is 5.26 Å². The molecule has 0 saturated carbocycles. The van der Waals surface area contributed by atoms with Crippen LogP contribution in [0, 0.1) is 16.5 Å². The number of carbonyl (C=O) groups excluding carboxylic acids is 1. The molecule has 0 bridgehead atoms. The molecule has 2 N–H and O–H groups in total. The first-order valence-corrected chi connectivity index (χ1v) is 6.61. The van der Waals surface area contributed by atoms with Crippen molar-refractivity contribution in [3.05, 3.63) is 52.9 Å². The highest BCUT2D eigenvalue weighted by atomic mass is 19.4. The molecule has 1 heterocycles.